The molecule has 2 aliphatic carbocycles. The lowest BCUT2D eigenvalue weighted by Gasteiger charge is -2.30. The molecule has 0 aromatic rings. The lowest BCUT2D eigenvalue weighted by molar-refractivity contribution is -0.158. The summed E-state index contributed by atoms with van der Waals surface area (Å²) in [5.74, 6) is 0.195. The third-order valence-corrected chi connectivity index (χ3v) is 5.75. The van der Waals surface area contributed by atoms with Gasteiger partial charge in [-0.2, -0.15) is 5.26 Å². The topological polar surface area (TPSA) is 59.3 Å². The first-order valence-corrected chi connectivity index (χ1v) is 10.4. The van der Waals surface area contributed by atoms with Crippen molar-refractivity contribution in [1.29, 1.82) is 5.26 Å². The molecule has 2 fully saturated rings. The van der Waals surface area contributed by atoms with E-state index < -0.39 is 0 Å². The molecule has 2 saturated carbocycles. The molecule has 0 bridgehead atoms. The maximum Gasteiger partial charge on any atom is 0.309 e. The van der Waals surface area contributed by atoms with E-state index in [2.05, 4.69) is 13.0 Å². The molecular formula is C21H35NO3. The van der Waals surface area contributed by atoms with Crippen molar-refractivity contribution in [3.05, 3.63) is 0 Å². The Balaban J connectivity index is 1.55. The Kier molecular flexibility index (Phi) is 9.32. The summed E-state index contributed by atoms with van der Waals surface area (Å²) < 4.78 is 11.7. The van der Waals surface area contributed by atoms with Crippen molar-refractivity contribution < 1.29 is 14.3 Å². The second-order valence-electron chi connectivity index (χ2n) is 7.80. The average Bonchev–Trinajstić information content (AvgIpc) is 2.65. The maximum absolute atomic E-state index is 12.4. The Morgan fingerprint density at radius 1 is 0.920 bits per heavy atom. The van der Waals surface area contributed by atoms with Gasteiger partial charge >= 0.3 is 5.97 Å². The Labute approximate surface area is 153 Å². The number of ether oxygens (including phenoxy) is 2. The van der Waals surface area contributed by atoms with E-state index in [0.29, 0.717) is 6.10 Å². The van der Waals surface area contributed by atoms with Crippen LogP contribution in [0.5, 0.6) is 0 Å². The van der Waals surface area contributed by atoms with Crippen LogP contribution >= 0.6 is 0 Å². The van der Waals surface area contributed by atoms with Gasteiger partial charge in [0.1, 0.15) is 6.10 Å². The highest BCUT2D eigenvalue weighted by molar-refractivity contribution is 5.72. The first-order chi connectivity index (χ1) is 12.2. The molecule has 0 saturated heterocycles. The molecule has 0 spiro atoms. The quantitative estimate of drug-likeness (QED) is 0.426. The molecule has 142 valence electrons. The number of unbranched alkanes of at least 4 members (excludes halogenated alkanes) is 4. The van der Waals surface area contributed by atoms with Crippen LogP contribution in [-0.4, -0.2) is 24.8 Å². The summed E-state index contributed by atoms with van der Waals surface area (Å²) in [7, 11) is 0. The molecule has 0 heterocycles. The van der Waals surface area contributed by atoms with Crippen LogP contribution in [0.15, 0.2) is 0 Å². The number of rotatable bonds is 9. The van der Waals surface area contributed by atoms with Gasteiger partial charge in [0.05, 0.1) is 18.1 Å². The minimum atomic E-state index is -0.0153. The van der Waals surface area contributed by atoms with Gasteiger partial charge in [0.15, 0.2) is 0 Å². The number of nitrogens with zero attached hydrogens (tertiary/aromatic N) is 1. The normalized spacial score (nSPS) is 29.8. The van der Waals surface area contributed by atoms with Crippen LogP contribution in [0, 0.1) is 23.2 Å². The van der Waals surface area contributed by atoms with Crippen molar-refractivity contribution in [1.82, 2.24) is 0 Å². The van der Waals surface area contributed by atoms with Gasteiger partial charge in [-0.15, -0.1) is 0 Å². The monoisotopic (exact) mass is 349 g/mol. The molecule has 0 unspecified atom stereocenters. The lowest BCUT2D eigenvalue weighted by atomic mass is 9.86. The summed E-state index contributed by atoms with van der Waals surface area (Å²) in [5, 5.41) is 8.93. The molecule has 0 amide bonds. The molecule has 25 heavy (non-hydrogen) atoms. The fourth-order valence-corrected chi connectivity index (χ4v) is 3.99. The van der Waals surface area contributed by atoms with Crippen LogP contribution in [0.1, 0.15) is 90.4 Å². The highest BCUT2D eigenvalue weighted by Gasteiger charge is 2.30. The van der Waals surface area contributed by atoms with Gasteiger partial charge < -0.3 is 9.47 Å². The predicted octanol–water partition coefficient (Wildman–Crippen LogP) is 5.16. The minimum absolute atomic E-state index is 0.0153. The van der Waals surface area contributed by atoms with Crippen molar-refractivity contribution in [2.45, 2.75) is 103 Å². The highest BCUT2D eigenvalue weighted by Crippen LogP contribution is 2.30. The van der Waals surface area contributed by atoms with E-state index in [1.807, 2.05) is 0 Å². The van der Waals surface area contributed by atoms with Crippen molar-refractivity contribution >= 4 is 5.97 Å². The number of carbonyl (C=O) groups excluding carboxylic acids is 1. The van der Waals surface area contributed by atoms with E-state index in [1.54, 1.807) is 0 Å². The number of hydrogen-bond acceptors (Lipinski definition) is 4. The summed E-state index contributed by atoms with van der Waals surface area (Å²) in [6.45, 7) is 3.10. The molecule has 4 heteroatoms. The molecule has 0 atom stereocenters. The number of esters is 1. The molecule has 4 nitrogen and oxygen atoms in total. The summed E-state index contributed by atoms with van der Waals surface area (Å²) in [5.41, 5.74) is 0. The van der Waals surface area contributed by atoms with Gasteiger partial charge in [-0.25, -0.2) is 0 Å². The molecule has 0 aliphatic heterocycles. The van der Waals surface area contributed by atoms with Crippen LogP contribution in [0.25, 0.3) is 0 Å². The Morgan fingerprint density at radius 3 is 2.20 bits per heavy atom. The zero-order chi connectivity index (χ0) is 17.9. The standard InChI is InChI=1S/C21H35NO3/c1-2-3-4-5-6-15-24-19-13-9-18(10-14-19)21(23)25-20-11-7-17(16-22)8-12-20/h17-20H,2-15H2,1H3. The molecule has 2 aliphatic rings. The molecule has 0 aromatic heterocycles. The summed E-state index contributed by atoms with van der Waals surface area (Å²) in [6.07, 6.45) is 13.9. The fraction of sp³-hybridized carbons (Fsp3) is 0.905. The first-order valence-electron chi connectivity index (χ1n) is 10.4. The second kappa shape index (κ2) is 11.5. The summed E-state index contributed by atoms with van der Waals surface area (Å²) in [6, 6.07) is 2.32. The molecule has 2 rings (SSSR count). The Morgan fingerprint density at radius 2 is 1.56 bits per heavy atom. The van der Waals surface area contributed by atoms with Gasteiger partial charge in [-0.05, 0) is 57.8 Å². The van der Waals surface area contributed by atoms with Gasteiger partial charge in [-0.3, -0.25) is 4.79 Å². The SMILES string of the molecule is CCCCCCCOC1CCC(C(=O)OC2CCC(C#N)CC2)CC1. The van der Waals surface area contributed by atoms with Crippen molar-refractivity contribution in [2.24, 2.45) is 11.8 Å². The summed E-state index contributed by atoms with van der Waals surface area (Å²) in [4.78, 5) is 12.4. The zero-order valence-corrected chi connectivity index (χ0v) is 15.9. The molecule has 0 aromatic carbocycles. The van der Waals surface area contributed by atoms with Crippen molar-refractivity contribution in [2.75, 3.05) is 6.61 Å². The zero-order valence-electron chi connectivity index (χ0n) is 15.9. The Hall–Kier alpha value is -1.08. The van der Waals surface area contributed by atoms with Crippen LogP contribution in [0.2, 0.25) is 0 Å². The maximum atomic E-state index is 12.4. The van der Waals surface area contributed by atoms with Crippen LogP contribution in [0.3, 0.4) is 0 Å². The van der Waals surface area contributed by atoms with E-state index in [4.69, 9.17) is 14.7 Å². The van der Waals surface area contributed by atoms with Crippen LogP contribution < -0.4 is 0 Å². The van der Waals surface area contributed by atoms with Gasteiger partial charge in [0.2, 0.25) is 0 Å². The number of hydrogen-bond donors (Lipinski definition) is 0. The third-order valence-electron chi connectivity index (χ3n) is 5.75. The first kappa shape index (κ1) is 20.2. The van der Waals surface area contributed by atoms with E-state index >= 15 is 0 Å². The smallest absolute Gasteiger partial charge is 0.309 e. The van der Waals surface area contributed by atoms with Gasteiger partial charge in [0, 0.05) is 12.5 Å². The predicted molar refractivity (Wildman–Crippen MR) is 97.9 cm³/mol. The molecule has 0 N–H and O–H groups in total. The van der Waals surface area contributed by atoms with Gasteiger partial charge in [0.25, 0.3) is 0 Å². The molecular weight excluding hydrogens is 314 g/mol. The average molecular weight is 350 g/mol. The lowest BCUT2D eigenvalue weighted by Crippen LogP contribution is -2.31. The highest BCUT2D eigenvalue weighted by atomic mass is 16.5. The summed E-state index contributed by atoms with van der Waals surface area (Å²) >= 11 is 0. The van der Waals surface area contributed by atoms with E-state index in [1.165, 1.54) is 25.7 Å². The van der Waals surface area contributed by atoms with Crippen molar-refractivity contribution in [3.8, 4) is 6.07 Å². The molecule has 0 radical (unpaired) electrons. The van der Waals surface area contributed by atoms with Crippen LogP contribution in [-0.2, 0) is 14.3 Å². The van der Waals surface area contributed by atoms with Crippen molar-refractivity contribution in [3.63, 3.8) is 0 Å². The third kappa shape index (κ3) is 7.36. The number of nitriles is 1. The van der Waals surface area contributed by atoms with Gasteiger partial charge in [-0.1, -0.05) is 32.6 Å². The largest absolute Gasteiger partial charge is 0.462 e. The van der Waals surface area contributed by atoms with Crippen LogP contribution in [0.4, 0.5) is 0 Å². The Bertz CT molecular complexity index is 415. The van der Waals surface area contributed by atoms with E-state index in [9.17, 15) is 4.79 Å². The second-order valence-corrected chi connectivity index (χ2v) is 7.80. The fourth-order valence-electron chi connectivity index (χ4n) is 3.99. The minimum Gasteiger partial charge on any atom is -0.462 e. The number of carbonyl (C=O) groups is 1. The van der Waals surface area contributed by atoms with E-state index in [0.717, 1.165) is 64.4 Å². The van der Waals surface area contributed by atoms with E-state index in [-0.39, 0.29) is 23.9 Å².